The van der Waals surface area contributed by atoms with Crippen molar-refractivity contribution in [1.82, 2.24) is 9.78 Å². The maximum Gasteiger partial charge on any atom is 0.355 e. The number of carboxylic acids is 1. The molecule has 0 fully saturated rings. The van der Waals surface area contributed by atoms with Crippen molar-refractivity contribution >= 4 is 21.9 Å². The van der Waals surface area contributed by atoms with E-state index < -0.39 is 5.97 Å². The average molecular weight is 275 g/mol. The molecular weight excluding hydrogens is 260 g/mol. The third-order valence-electron chi connectivity index (χ3n) is 2.06. The molecule has 0 spiro atoms. The highest BCUT2D eigenvalue weighted by molar-refractivity contribution is 9.10. The number of hydrogen-bond donors (Lipinski definition) is 1. The average Bonchev–Trinajstić information content (AvgIpc) is 2.42. The van der Waals surface area contributed by atoms with Crippen LogP contribution >= 0.6 is 15.9 Å². The van der Waals surface area contributed by atoms with Gasteiger partial charge in [-0.05, 0) is 35.2 Å². The second kappa shape index (κ2) is 4.79. The van der Waals surface area contributed by atoms with E-state index >= 15 is 0 Å². The molecular formula is C10H15BrN2O2. The number of carbonyl (C=O) groups is 1. The lowest BCUT2D eigenvalue weighted by Crippen LogP contribution is -2.08. The predicted molar refractivity (Wildman–Crippen MR) is 61.1 cm³/mol. The third kappa shape index (κ3) is 2.59. The van der Waals surface area contributed by atoms with Crippen molar-refractivity contribution in [3.63, 3.8) is 0 Å². The molecule has 0 aromatic carbocycles. The van der Waals surface area contributed by atoms with Crippen LogP contribution in [0.3, 0.4) is 0 Å². The number of aromatic carboxylic acids is 1. The molecule has 1 N–H and O–H groups in total. The standard InChI is InChI=1S/C10H15BrN2O2/c1-4-13-9(10(14)15)8(11)7(12-13)5-6(2)3/h6H,4-5H2,1-3H3,(H,14,15). The van der Waals surface area contributed by atoms with Crippen LogP contribution in [0.4, 0.5) is 0 Å². The Bertz CT molecular complexity index is 372. The van der Waals surface area contributed by atoms with Crippen molar-refractivity contribution in [2.75, 3.05) is 0 Å². The number of nitrogens with zero attached hydrogens (tertiary/aromatic N) is 2. The molecule has 0 aliphatic heterocycles. The van der Waals surface area contributed by atoms with Crippen LogP contribution in [0.25, 0.3) is 0 Å². The summed E-state index contributed by atoms with van der Waals surface area (Å²) in [5.74, 6) is -0.477. The van der Waals surface area contributed by atoms with E-state index in [2.05, 4.69) is 34.9 Å². The summed E-state index contributed by atoms with van der Waals surface area (Å²) in [4.78, 5) is 11.0. The molecule has 4 nitrogen and oxygen atoms in total. The summed E-state index contributed by atoms with van der Waals surface area (Å²) in [5.41, 5.74) is 1.07. The summed E-state index contributed by atoms with van der Waals surface area (Å²) >= 11 is 3.31. The number of halogens is 1. The van der Waals surface area contributed by atoms with Crippen molar-refractivity contribution in [2.24, 2.45) is 5.92 Å². The molecule has 0 radical (unpaired) electrons. The first-order valence-corrected chi connectivity index (χ1v) is 5.75. The Morgan fingerprint density at radius 2 is 2.20 bits per heavy atom. The number of carboxylic acid groups (broad SMARTS) is 1. The van der Waals surface area contributed by atoms with E-state index in [-0.39, 0.29) is 5.69 Å². The largest absolute Gasteiger partial charge is 0.476 e. The van der Waals surface area contributed by atoms with E-state index in [1.165, 1.54) is 4.68 Å². The van der Waals surface area contributed by atoms with Gasteiger partial charge in [-0.3, -0.25) is 4.68 Å². The Morgan fingerprint density at radius 3 is 2.53 bits per heavy atom. The van der Waals surface area contributed by atoms with Gasteiger partial charge in [-0.2, -0.15) is 5.10 Å². The highest BCUT2D eigenvalue weighted by Crippen LogP contribution is 2.23. The zero-order valence-corrected chi connectivity index (χ0v) is 10.7. The van der Waals surface area contributed by atoms with E-state index in [0.717, 1.165) is 12.1 Å². The summed E-state index contributed by atoms with van der Waals surface area (Å²) in [5, 5.41) is 13.3. The van der Waals surface area contributed by atoms with Crippen LogP contribution in [0.1, 0.15) is 37.0 Å². The van der Waals surface area contributed by atoms with Gasteiger partial charge in [-0.15, -0.1) is 0 Å². The van der Waals surface area contributed by atoms with E-state index in [4.69, 9.17) is 5.11 Å². The Hall–Kier alpha value is -0.840. The van der Waals surface area contributed by atoms with E-state index in [1.54, 1.807) is 0 Å². The third-order valence-corrected chi connectivity index (χ3v) is 2.90. The maximum absolute atomic E-state index is 11.0. The Kier molecular flexibility index (Phi) is 3.90. The summed E-state index contributed by atoms with van der Waals surface area (Å²) in [6.45, 7) is 6.61. The van der Waals surface area contributed by atoms with Crippen LogP contribution < -0.4 is 0 Å². The molecule has 0 aliphatic carbocycles. The molecule has 0 amide bonds. The van der Waals surface area contributed by atoms with Gasteiger partial charge in [0.2, 0.25) is 0 Å². The maximum atomic E-state index is 11.0. The van der Waals surface area contributed by atoms with Crippen LogP contribution in [0, 0.1) is 5.92 Å². The van der Waals surface area contributed by atoms with Crippen LogP contribution in [0.15, 0.2) is 4.47 Å². The zero-order valence-electron chi connectivity index (χ0n) is 9.12. The Labute approximate surface area is 97.4 Å². The van der Waals surface area contributed by atoms with Gasteiger partial charge in [0.1, 0.15) is 0 Å². The first-order valence-electron chi connectivity index (χ1n) is 4.95. The summed E-state index contributed by atoms with van der Waals surface area (Å²) in [6, 6.07) is 0. The van der Waals surface area contributed by atoms with Gasteiger partial charge in [0.25, 0.3) is 0 Å². The Morgan fingerprint density at radius 1 is 1.60 bits per heavy atom. The van der Waals surface area contributed by atoms with Crippen molar-refractivity contribution < 1.29 is 9.90 Å². The molecule has 1 aromatic rings. The van der Waals surface area contributed by atoms with Crippen LogP contribution in [-0.4, -0.2) is 20.9 Å². The van der Waals surface area contributed by atoms with E-state index in [9.17, 15) is 4.79 Å². The smallest absolute Gasteiger partial charge is 0.355 e. The molecule has 1 aromatic heterocycles. The molecule has 5 heteroatoms. The topological polar surface area (TPSA) is 55.1 Å². The second-order valence-electron chi connectivity index (χ2n) is 3.83. The normalized spacial score (nSPS) is 11.0. The highest BCUT2D eigenvalue weighted by atomic mass is 79.9. The van der Waals surface area contributed by atoms with Crippen LogP contribution in [0.2, 0.25) is 0 Å². The monoisotopic (exact) mass is 274 g/mol. The number of aryl methyl sites for hydroxylation is 1. The fourth-order valence-corrected chi connectivity index (χ4v) is 2.06. The van der Waals surface area contributed by atoms with E-state index in [1.807, 2.05) is 6.92 Å². The van der Waals surface area contributed by atoms with Gasteiger partial charge in [-0.25, -0.2) is 4.79 Å². The fourth-order valence-electron chi connectivity index (χ4n) is 1.44. The molecule has 0 unspecified atom stereocenters. The minimum absolute atomic E-state index is 0.244. The molecule has 1 heterocycles. The molecule has 0 aliphatic rings. The minimum Gasteiger partial charge on any atom is -0.476 e. The SMILES string of the molecule is CCn1nc(CC(C)C)c(Br)c1C(=O)O. The quantitative estimate of drug-likeness (QED) is 0.918. The lowest BCUT2D eigenvalue weighted by Gasteiger charge is -2.00. The summed E-state index contributed by atoms with van der Waals surface area (Å²) < 4.78 is 2.13. The Balaban J connectivity index is 3.16. The molecule has 0 saturated carbocycles. The van der Waals surface area contributed by atoms with Crippen LogP contribution in [0.5, 0.6) is 0 Å². The van der Waals surface area contributed by atoms with Gasteiger partial charge in [-0.1, -0.05) is 13.8 Å². The van der Waals surface area contributed by atoms with E-state index in [0.29, 0.717) is 16.9 Å². The molecule has 15 heavy (non-hydrogen) atoms. The summed E-state index contributed by atoms with van der Waals surface area (Å²) in [6.07, 6.45) is 0.786. The fraction of sp³-hybridized carbons (Fsp3) is 0.600. The zero-order chi connectivity index (χ0) is 11.6. The van der Waals surface area contributed by atoms with Crippen molar-refractivity contribution in [3.8, 4) is 0 Å². The lowest BCUT2D eigenvalue weighted by molar-refractivity contribution is 0.0682. The van der Waals surface area contributed by atoms with Gasteiger partial charge < -0.3 is 5.11 Å². The number of rotatable bonds is 4. The summed E-state index contributed by atoms with van der Waals surface area (Å²) in [7, 11) is 0. The van der Waals surface area contributed by atoms with Gasteiger partial charge in [0.05, 0.1) is 10.2 Å². The van der Waals surface area contributed by atoms with Gasteiger partial charge >= 0.3 is 5.97 Å². The molecule has 84 valence electrons. The van der Waals surface area contributed by atoms with Crippen molar-refractivity contribution in [3.05, 3.63) is 15.9 Å². The predicted octanol–water partition coefficient (Wildman–Crippen LogP) is 2.56. The molecule has 0 saturated heterocycles. The first-order chi connectivity index (χ1) is 6.97. The number of hydrogen-bond acceptors (Lipinski definition) is 2. The highest BCUT2D eigenvalue weighted by Gasteiger charge is 2.20. The number of aromatic nitrogens is 2. The molecule has 1 rings (SSSR count). The lowest BCUT2D eigenvalue weighted by atomic mass is 10.1. The van der Waals surface area contributed by atoms with Crippen molar-refractivity contribution in [2.45, 2.75) is 33.7 Å². The second-order valence-corrected chi connectivity index (χ2v) is 4.62. The van der Waals surface area contributed by atoms with Gasteiger partial charge in [0, 0.05) is 6.54 Å². The molecule has 0 bridgehead atoms. The van der Waals surface area contributed by atoms with Gasteiger partial charge in [0.15, 0.2) is 5.69 Å². The van der Waals surface area contributed by atoms with Crippen LogP contribution in [-0.2, 0) is 13.0 Å². The first kappa shape index (κ1) is 12.2. The van der Waals surface area contributed by atoms with Crippen molar-refractivity contribution in [1.29, 1.82) is 0 Å². The minimum atomic E-state index is -0.939. The molecule has 0 atom stereocenters.